The van der Waals surface area contributed by atoms with Crippen LogP contribution in [0.15, 0.2) is 71.3 Å². The minimum absolute atomic E-state index is 0.0238. The molecule has 1 fully saturated rings. The van der Waals surface area contributed by atoms with Crippen LogP contribution >= 0.6 is 11.8 Å². The second kappa shape index (κ2) is 9.76. The van der Waals surface area contributed by atoms with Crippen LogP contribution in [-0.2, 0) is 9.59 Å². The first-order valence-corrected chi connectivity index (χ1v) is 13.8. The molecule has 4 N–H and O–H groups in total. The molecule has 7 nitrogen and oxygen atoms in total. The Hall–Kier alpha value is -3.49. The van der Waals surface area contributed by atoms with Gasteiger partial charge in [-0.25, -0.2) is 0 Å². The van der Waals surface area contributed by atoms with E-state index in [1.165, 1.54) is 5.56 Å². The van der Waals surface area contributed by atoms with E-state index in [0.717, 1.165) is 60.0 Å². The number of anilines is 1. The molecule has 0 aliphatic carbocycles. The molecule has 0 radical (unpaired) electrons. The average molecular weight is 514 g/mol. The molecule has 6 rings (SSSR count). The standard InChI is InChI=1S/C29H31N5O2S/c1-17-23(31-18(2)25(17)29(36)34-13-11-30-12-14-34)15-22-20-9-6-10-21(26(20)33-27(22)35)24-16-37-28(32-24)19-7-4-3-5-8-19/h3-10,15-16,18,25,28,30-32H,11-14H2,1-2H3,(H,33,35)/b22-15-. The zero-order chi connectivity index (χ0) is 25.5. The predicted molar refractivity (Wildman–Crippen MR) is 149 cm³/mol. The highest BCUT2D eigenvalue weighted by Gasteiger charge is 2.38. The molecule has 4 aliphatic heterocycles. The number of nitrogens with one attached hydrogen (secondary N) is 4. The Morgan fingerprint density at radius 3 is 2.57 bits per heavy atom. The first kappa shape index (κ1) is 23.9. The Morgan fingerprint density at radius 1 is 1.03 bits per heavy atom. The molecule has 0 spiro atoms. The van der Waals surface area contributed by atoms with Gasteiger partial charge in [-0.3, -0.25) is 9.59 Å². The minimum Gasteiger partial charge on any atom is -0.381 e. The van der Waals surface area contributed by atoms with Gasteiger partial charge >= 0.3 is 0 Å². The van der Waals surface area contributed by atoms with Crippen LogP contribution in [0, 0.1) is 5.92 Å². The van der Waals surface area contributed by atoms with Gasteiger partial charge < -0.3 is 26.2 Å². The van der Waals surface area contributed by atoms with E-state index >= 15 is 0 Å². The van der Waals surface area contributed by atoms with Crippen molar-refractivity contribution in [1.82, 2.24) is 20.9 Å². The van der Waals surface area contributed by atoms with Crippen molar-refractivity contribution in [3.63, 3.8) is 0 Å². The molecule has 2 amide bonds. The van der Waals surface area contributed by atoms with Gasteiger partial charge in [0, 0.05) is 49.0 Å². The van der Waals surface area contributed by atoms with Gasteiger partial charge in [0.1, 0.15) is 5.37 Å². The molecule has 0 bridgehead atoms. The zero-order valence-corrected chi connectivity index (χ0v) is 21.8. The van der Waals surface area contributed by atoms with E-state index in [9.17, 15) is 9.59 Å². The first-order valence-electron chi connectivity index (χ1n) is 12.8. The number of fused-ring (bicyclic) bond motifs is 1. The summed E-state index contributed by atoms with van der Waals surface area (Å²) in [6.07, 6.45) is 1.92. The van der Waals surface area contributed by atoms with Gasteiger partial charge in [-0.05, 0) is 36.5 Å². The predicted octanol–water partition coefficient (Wildman–Crippen LogP) is 3.67. The van der Waals surface area contributed by atoms with Crippen LogP contribution in [0.4, 0.5) is 5.69 Å². The molecule has 8 heteroatoms. The van der Waals surface area contributed by atoms with Crippen molar-refractivity contribution in [2.75, 3.05) is 31.5 Å². The summed E-state index contributed by atoms with van der Waals surface area (Å²) in [6, 6.07) is 16.3. The number of carbonyl (C=O) groups excluding carboxylic acids is 2. The molecule has 4 aliphatic rings. The van der Waals surface area contributed by atoms with E-state index in [4.69, 9.17) is 0 Å². The molecule has 2 aromatic carbocycles. The van der Waals surface area contributed by atoms with E-state index in [1.807, 2.05) is 61.2 Å². The minimum atomic E-state index is -0.222. The third-order valence-electron chi connectivity index (χ3n) is 7.60. The normalized spacial score (nSPS) is 26.1. The van der Waals surface area contributed by atoms with Crippen LogP contribution in [0.25, 0.3) is 11.3 Å². The molecule has 1 saturated heterocycles. The Morgan fingerprint density at radius 2 is 1.78 bits per heavy atom. The summed E-state index contributed by atoms with van der Waals surface area (Å²) in [4.78, 5) is 28.4. The first-order chi connectivity index (χ1) is 18.0. The van der Waals surface area contributed by atoms with Crippen LogP contribution in [0.3, 0.4) is 0 Å². The van der Waals surface area contributed by atoms with Gasteiger partial charge in [0.15, 0.2) is 0 Å². The molecule has 190 valence electrons. The van der Waals surface area contributed by atoms with Crippen molar-refractivity contribution in [3.8, 4) is 0 Å². The summed E-state index contributed by atoms with van der Waals surface area (Å²) < 4.78 is 0. The number of piperazine rings is 1. The van der Waals surface area contributed by atoms with Crippen molar-refractivity contribution < 1.29 is 9.59 Å². The van der Waals surface area contributed by atoms with E-state index in [0.29, 0.717) is 5.57 Å². The maximum atomic E-state index is 13.3. The van der Waals surface area contributed by atoms with Gasteiger partial charge in [0.25, 0.3) is 5.91 Å². The van der Waals surface area contributed by atoms with Gasteiger partial charge in [-0.2, -0.15) is 0 Å². The molecule has 4 heterocycles. The zero-order valence-electron chi connectivity index (χ0n) is 21.0. The number of amides is 2. The van der Waals surface area contributed by atoms with Crippen LogP contribution < -0.4 is 21.3 Å². The summed E-state index contributed by atoms with van der Waals surface area (Å²) in [5.74, 6) is -0.185. The molecular weight excluding hydrogens is 482 g/mol. The third-order valence-corrected chi connectivity index (χ3v) is 8.63. The topological polar surface area (TPSA) is 85.5 Å². The fourth-order valence-electron chi connectivity index (χ4n) is 5.62. The number of thioether (sulfide) groups is 1. The lowest BCUT2D eigenvalue weighted by Crippen LogP contribution is -2.50. The van der Waals surface area contributed by atoms with Crippen LogP contribution in [-0.4, -0.2) is 48.9 Å². The summed E-state index contributed by atoms with van der Waals surface area (Å²) in [6.45, 7) is 7.17. The third kappa shape index (κ3) is 4.34. The van der Waals surface area contributed by atoms with Gasteiger partial charge in [0.05, 0.1) is 22.9 Å². The Balaban J connectivity index is 1.27. The van der Waals surface area contributed by atoms with E-state index in [1.54, 1.807) is 11.8 Å². The monoisotopic (exact) mass is 513 g/mol. The maximum Gasteiger partial charge on any atom is 0.256 e. The lowest BCUT2D eigenvalue weighted by atomic mass is 9.94. The number of allylic oxidation sites excluding steroid dienone is 1. The Labute approximate surface area is 221 Å². The summed E-state index contributed by atoms with van der Waals surface area (Å²) >= 11 is 1.73. The van der Waals surface area contributed by atoms with E-state index < -0.39 is 0 Å². The average Bonchev–Trinajstić information content (AvgIpc) is 3.61. The van der Waals surface area contributed by atoms with Gasteiger partial charge in [0.2, 0.25) is 5.91 Å². The molecular formula is C29H31N5O2S. The second-order valence-corrected chi connectivity index (χ2v) is 10.9. The molecule has 2 aromatic rings. The highest BCUT2D eigenvalue weighted by atomic mass is 32.2. The molecule has 3 unspecified atom stereocenters. The number of nitrogens with zero attached hydrogens (tertiary/aromatic N) is 1. The van der Waals surface area contributed by atoms with Crippen LogP contribution in [0.1, 0.15) is 35.9 Å². The van der Waals surface area contributed by atoms with Crippen molar-refractivity contribution >= 4 is 40.5 Å². The summed E-state index contributed by atoms with van der Waals surface area (Å²) in [7, 11) is 0. The van der Waals surface area contributed by atoms with Gasteiger partial charge in [-0.1, -0.05) is 48.5 Å². The highest BCUT2D eigenvalue weighted by Crippen LogP contribution is 2.43. The molecule has 0 aromatic heterocycles. The number of carbonyl (C=O) groups is 2. The van der Waals surface area contributed by atoms with Crippen molar-refractivity contribution in [2.45, 2.75) is 25.3 Å². The number of hydrogen-bond donors (Lipinski definition) is 4. The van der Waals surface area contributed by atoms with Crippen molar-refractivity contribution in [2.24, 2.45) is 5.92 Å². The van der Waals surface area contributed by atoms with E-state index in [-0.39, 0.29) is 29.1 Å². The fraction of sp³-hybridized carbons (Fsp3) is 0.310. The van der Waals surface area contributed by atoms with E-state index in [2.05, 4.69) is 38.8 Å². The molecule has 0 saturated carbocycles. The van der Waals surface area contributed by atoms with Crippen molar-refractivity contribution in [3.05, 3.63) is 88.0 Å². The number of rotatable bonds is 4. The largest absolute Gasteiger partial charge is 0.381 e. The molecule has 3 atom stereocenters. The SMILES string of the molecule is CC1=C(/C=C2\C(=O)Nc3c(C4=CSC(c5ccccc5)N4)cccc32)NC(C)C1C(=O)N1CCNCC1. The van der Waals surface area contributed by atoms with Crippen LogP contribution in [0.5, 0.6) is 0 Å². The lowest BCUT2D eigenvalue weighted by Gasteiger charge is -2.31. The number of para-hydroxylation sites is 1. The fourth-order valence-corrected chi connectivity index (χ4v) is 6.60. The van der Waals surface area contributed by atoms with Gasteiger partial charge in [-0.15, -0.1) is 11.8 Å². The smallest absolute Gasteiger partial charge is 0.256 e. The summed E-state index contributed by atoms with van der Waals surface area (Å²) in [5, 5.41) is 15.8. The summed E-state index contributed by atoms with van der Waals surface area (Å²) in [5.41, 5.74) is 7.36. The maximum absolute atomic E-state index is 13.3. The Bertz CT molecular complexity index is 1340. The highest BCUT2D eigenvalue weighted by molar-refractivity contribution is 8.02. The van der Waals surface area contributed by atoms with Crippen molar-refractivity contribution in [1.29, 1.82) is 0 Å². The second-order valence-electron chi connectivity index (χ2n) is 9.93. The quantitative estimate of drug-likeness (QED) is 0.467. The lowest BCUT2D eigenvalue weighted by molar-refractivity contribution is -0.135. The Kier molecular flexibility index (Phi) is 6.30. The number of benzene rings is 2. The molecule has 37 heavy (non-hydrogen) atoms. The van der Waals surface area contributed by atoms with Crippen LogP contribution in [0.2, 0.25) is 0 Å². The number of hydrogen-bond acceptors (Lipinski definition) is 6.